The molecule has 3 aromatic carbocycles. The molecule has 0 fully saturated rings. The lowest BCUT2D eigenvalue weighted by Crippen LogP contribution is -2.04. The van der Waals surface area contributed by atoms with E-state index < -0.39 is 0 Å². The first-order valence-electron chi connectivity index (χ1n) is 9.13. The highest BCUT2D eigenvalue weighted by Gasteiger charge is 2.15. The zero-order valence-corrected chi connectivity index (χ0v) is 16.4. The maximum absolute atomic E-state index is 12.8. The average Bonchev–Trinajstić information content (AvgIpc) is 2.69. The maximum atomic E-state index is 12.8. The van der Waals surface area contributed by atoms with Gasteiger partial charge in [-0.25, -0.2) is 0 Å². The van der Waals surface area contributed by atoms with Crippen LogP contribution >= 0.6 is 11.6 Å². The Bertz CT molecular complexity index is 1010. The van der Waals surface area contributed by atoms with Crippen LogP contribution in [-0.4, -0.2) is 17.5 Å². The Labute approximate surface area is 170 Å². The van der Waals surface area contributed by atoms with E-state index in [1.54, 1.807) is 12.1 Å². The molecule has 0 saturated heterocycles. The number of rotatable bonds is 7. The van der Waals surface area contributed by atoms with Gasteiger partial charge in [-0.1, -0.05) is 66.2 Å². The highest BCUT2D eigenvalue weighted by molar-refractivity contribution is 6.35. The number of hydrogen-bond acceptors (Lipinski definition) is 3. The van der Waals surface area contributed by atoms with Crippen molar-refractivity contribution in [1.82, 2.24) is 0 Å². The normalized spacial score (nSPS) is 11.0. The molecule has 3 aromatic rings. The van der Waals surface area contributed by atoms with E-state index in [0.29, 0.717) is 22.6 Å². The molecule has 2 N–H and O–H groups in total. The molecule has 3 nitrogen and oxygen atoms in total. The van der Waals surface area contributed by atoms with Crippen LogP contribution in [0.15, 0.2) is 72.8 Å². The third-order valence-corrected chi connectivity index (χ3v) is 4.75. The van der Waals surface area contributed by atoms with Crippen LogP contribution in [0, 0.1) is 6.92 Å². The number of carbonyl (C=O) groups is 1. The average molecular weight is 392 g/mol. The number of benzene rings is 3. The number of aliphatic hydroxyl groups is 1. The number of aryl methyl sites for hydroxylation is 1. The third kappa shape index (κ3) is 4.69. The summed E-state index contributed by atoms with van der Waals surface area (Å²) >= 11 is 6.43. The molecule has 0 aromatic heterocycles. The molecule has 0 spiro atoms. The largest absolute Gasteiger partial charge is 0.396 e. The molecular weight excluding hydrogens is 370 g/mol. The Hall–Kier alpha value is -2.88. The number of ketones is 1. The molecule has 0 aliphatic heterocycles. The van der Waals surface area contributed by atoms with Crippen LogP contribution < -0.4 is 5.32 Å². The van der Waals surface area contributed by atoms with Gasteiger partial charge in [0.15, 0.2) is 5.78 Å². The van der Waals surface area contributed by atoms with Gasteiger partial charge in [0.25, 0.3) is 0 Å². The van der Waals surface area contributed by atoms with Crippen LogP contribution in [0.5, 0.6) is 0 Å². The Morgan fingerprint density at radius 1 is 1.04 bits per heavy atom. The maximum Gasteiger partial charge on any atom is 0.194 e. The molecule has 4 heteroatoms. The standard InChI is InChI=1S/C24H22ClNO2/c1-17-8-2-4-11-20(17)24(28)21-14-13-19(16-22(21)25)26-23-12-5-3-9-18(23)10-6-7-15-27/h2-6,8-14,16,26-27H,7,15H2,1H3. The quantitative estimate of drug-likeness (QED) is 0.484. The van der Waals surface area contributed by atoms with E-state index in [2.05, 4.69) is 5.32 Å². The van der Waals surface area contributed by atoms with E-state index in [0.717, 1.165) is 22.5 Å². The first-order chi connectivity index (χ1) is 13.6. The lowest BCUT2D eigenvalue weighted by molar-refractivity contribution is 0.103. The topological polar surface area (TPSA) is 49.3 Å². The molecule has 0 radical (unpaired) electrons. The Kier molecular flexibility index (Phi) is 6.64. The highest BCUT2D eigenvalue weighted by Crippen LogP contribution is 2.28. The van der Waals surface area contributed by atoms with Crippen LogP contribution in [0.1, 0.15) is 33.5 Å². The van der Waals surface area contributed by atoms with Crippen molar-refractivity contribution in [1.29, 1.82) is 0 Å². The van der Waals surface area contributed by atoms with E-state index >= 15 is 0 Å². The summed E-state index contributed by atoms with van der Waals surface area (Å²) in [6.45, 7) is 2.04. The van der Waals surface area contributed by atoms with Gasteiger partial charge in [-0.15, -0.1) is 0 Å². The van der Waals surface area contributed by atoms with Gasteiger partial charge in [-0.2, -0.15) is 0 Å². The van der Waals surface area contributed by atoms with E-state index in [9.17, 15) is 4.79 Å². The molecule has 0 aliphatic carbocycles. The molecule has 0 unspecified atom stereocenters. The number of aliphatic hydroxyl groups excluding tert-OH is 1. The number of nitrogens with one attached hydrogen (secondary N) is 1. The van der Waals surface area contributed by atoms with Crippen molar-refractivity contribution in [3.8, 4) is 0 Å². The molecule has 0 bridgehead atoms. The Balaban J connectivity index is 1.84. The van der Waals surface area contributed by atoms with Crippen LogP contribution in [0.4, 0.5) is 11.4 Å². The Morgan fingerprint density at radius 2 is 1.79 bits per heavy atom. The fourth-order valence-electron chi connectivity index (χ4n) is 2.95. The zero-order valence-electron chi connectivity index (χ0n) is 15.7. The fourth-order valence-corrected chi connectivity index (χ4v) is 3.21. The number of carbonyl (C=O) groups excluding carboxylic acids is 1. The van der Waals surface area contributed by atoms with Gasteiger partial charge in [0.1, 0.15) is 0 Å². The highest BCUT2D eigenvalue weighted by atomic mass is 35.5. The lowest BCUT2D eigenvalue weighted by atomic mass is 9.99. The number of halogens is 1. The third-order valence-electron chi connectivity index (χ3n) is 4.44. The molecule has 0 saturated carbocycles. The van der Waals surface area contributed by atoms with Crippen LogP contribution in [0.3, 0.4) is 0 Å². The van der Waals surface area contributed by atoms with Crippen LogP contribution in [0.2, 0.25) is 5.02 Å². The molecule has 0 aliphatic rings. The minimum absolute atomic E-state index is 0.0815. The summed E-state index contributed by atoms with van der Waals surface area (Å²) in [5, 5.41) is 12.7. The molecule has 28 heavy (non-hydrogen) atoms. The minimum atomic E-state index is -0.0815. The van der Waals surface area contributed by atoms with Crippen LogP contribution in [0.25, 0.3) is 6.08 Å². The van der Waals surface area contributed by atoms with E-state index in [4.69, 9.17) is 16.7 Å². The summed E-state index contributed by atoms with van der Waals surface area (Å²) in [6.07, 6.45) is 4.50. The first kappa shape index (κ1) is 19.9. The van der Waals surface area contributed by atoms with Crippen molar-refractivity contribution in [2.24, 2.45) is 0 Å². The van der Waals surface area contributed by atoms with Gasteiger partial charge in [0.2, 0.25) is 0 Å². The molecule has 3 rings (SSSR count). The minimum Gasteiger partial charge on any atom is -0.396 e. The number of hydrogen-bond donors (Lipinski definition) is 2. The molecule has 142 valence electrons. The second-order valence-electron chi connectivity index (χ2n) is 6.47. The summed E-state index contributed by atoms with van der Waals surface area (Å²) in [5.74, 6) is -0.0815. The van der Waals surface area contributed by atoms with Crippen LogP contribution in [-0.2, 0) is 0 Å². The second kappa shape index (κ2) is 9.36. The second-order valence-corrected chi connectivity index (χ2v) is 6.87. The zero-order chi connectivity index (χ0) is 19.9. The van der Waals surface area contributed by atoms with Gasteiger partial charge in [0.05, 0.1) is 5.02 Å². The van der Waals surface area contributed by atoms with Gasteiger partial charge >= 0.3 is 0 Å². The summed E-state index contributed by atoms with van der Waals surface area (Å²) in [5.41, 5.74) is 4.80. The van der Waals surface area contributed by atoms with Gasteiger partial charge in [-0.3, -0.25) is 4.79 Å². The van der Waals surface area contributed by atoms with Crippen molar-refractivity contribution in [3.05, 3.63) is 100 Å². The SMILES string of the molecule is Cc1ccccc1C(=O)c1ccc(Nc2ccccc2C=CCCO)cc1Cl. The summed E-state index contributed by atoms with van der Waals surface area (Å²) in [4.78, 5) is 12.8. The van der Waals surface area contributed by atoms with Crippen molar-refractivity contribution in [2.45, 2.75) is 13.3 Å². The molecule has 0 amide bonds. The summed E-state index contributed by atoms with van der Waals surface area (Å²) in [6, 6.07) is 20.7. The predicted molar refractivity (Wildman–Crippen MR) is 117 cm³/mol. The van der Waals surface area contributed by atoms with Gasteiger partial charge in [-0.05, 0) is 48.7 Å². The smallest absolute Gasteiger partial charge is 0.194 e. The van der Waals surface area contributed by atoms with Crippen molar-refractivity contribution < 1.29 is 9.90 Å². The number of para-hydroxylation sites is 1. The van der Waals surface area contributed by atoms with Crippen molar-refractivity contribution in [3.63, 3.8) is 0 Å². The number of anilines is 2. The van der Waals surface area contributed by atoms with E-state index in [1.807, 2.05) is 73.7 Å². The summed E-state index contributed by atoms with van der Waals surface area (Å²) in [7, 11) is 0. The molecule has 0 atom stereocenters. The van der Waals surface area contributed by atoms with Gasteiger partial charge in [0, 0.05) is 29.1 Å². The first-order valence-corrected chi connectivity index (χ1v) is 9.51. The predicted octanol–water partition coefficient (Wildman–Crippen LogP) is 6.02. The fraction of sp³-hybridized carbons (Fsp3) is 0.125. The lowest BCUT2D eigenvalue weighted by Gasteiger charge is -2.12. The Morgan fingerprint density at radius 3 is 2.54 bits per heavy atom. The van der Waals surface area contributed by atoms with E-state index in [1.165, 1.54) is 0 Å². The summed E-state index contributed by atoms with van der Waals surface area (Å²) < 4.78 is 0. The van der Waals surface area contributed by atoms with Crippen molar-refractivity contribution in [2.75, 3.05) is 11.9 Å². The van der Waals surface area contributed by atoms with Crippen molar-refractivity contribution >= 4 is 34.8 Å². The van der Waals surface area contributed by atoms with Gasteiger partial charge < -0.3 is 10.4 Å². The molecular formula is C24H22ClNO2. The monoisotopic (exact) mass is 391 g/mol. The van der Waals surface area contributed by atoms with E-state index in [-0.39, 0.29) is 12.4 Å². The molecule has 0 heterocycles.